The van der Waals surface area contributed by atoms with E-state index < -0.39 is 17.5 Å². The van der Waals surface area contributed by atoms with Gasteiger partial charge < -0.3 is 0 Å². The molecule has 0 amide bonds. The second-order valence-electron chi connectivity index (χ2n) is 4.53. The predicted molar refractivity (Wildman–Crippen MR) is 63.1 cm³/mol. The van der Waals surface area contributed by atoms with Crippen LogP contribution < -0.4 is 0 Å². The molecule has 0 N–H and O–H groups in total. The average Bonchev–Trinajstić information content (AvgIpc) is 3.10. The highest BCUT2D eigenvalue weighted by Gasteiger charge is 2.33. The van der Waals surface area contributed by atoms with Crippen molar-refractivity contribution in [1.29, 1.82) is 0 Å². The molecule has 1 aliphatic carbocycles. The third-order valence-electron chi connectivity index (χ3n) is 2.96. The molecule has 19 heavy (non-hydrogen) atoms. The smallest absolute Gasteiger partial charge is 0.299 e. The largest absolute Gasteiger partial charge is 0.416 e. The summed E-state index contributed by atoms with van der Waals surface area (Å²) in [5.74, 6) is -0.756. The number of hydrogen-bond donors (Lipinski definition) is 0. The van der Waals surface area contributed by atoms with Gasteiger partial charge in [-0.25, -0.2) is 0 Å². The summed E-state index contributed by atoms with van der Waals surface area (Å²) in [4.78, 5) is 23.3. The minimum atomic E-state index is -4.50. The van der Waals surface area contributed by atoms with Gasteiger partial charge in [-0.15, -0.1) is 0 Å². The predicted octanol–water partition coefficient (Wildman–Crippen LogP) is 3.91. The van der Waals surface area contributed by atoms with E-state index in [1.807, 2.05) is 0 Å². The molecule has 0 atom stereocenters. The van der Waals surface area contributed by atoms with Crippen molar-refractivity contribution in [1.82, 2.24) is 0 Å². The van der Waals surface area contributed by atoms with Gasteiger partial charge in [0.05, 0.1) is 17.0 Å². The molecule has 0 bridgehead atoms. The normalized spacial score (nSPS) is 15.4. The summed E-state index contributed by atoms with van der Waals surface area (Å²) < 4.78 is 37.3. The van der Waals surface area contributed by atoms with E-state index in [9.17, 15) is 22.8 Å². The van der Waals surface area contributed by atoms with Crippen LogP contribution in [-0.4, -0.2) is 11.6 Å². The van der Waals surface area contributed by atoms with Crippen LogP contribution in [0.5, 0.6) is 0 Å². The Bertz CT molecular complexity index is 533. The van der Waals surface area contributed by atoms with Gasteiger partial charge in [0, 0.05) is 11.5 Å². The fraction of sp³-hybridized carbons (Fsp3) is 0.385. The van der Waals surface area contributed by atoms with Crippen LogP contribution in [0.25, 0.3) is 0 Å². The van der Waals surface area contributed by atoms with Crippen LogP contribution in [0.4, 0.5) is 13.2 Å². The number of carbonyl (C=O) groups is 2. The van der Waals surface area contributed by atoms with Crippen molar-refractivity contribution in [2.45, 2.75) is 25.4 Å². The Hall–Kier alpha value is -1.36. The lowest BCUT2D eigenvalue weighted by Crippen LogP contribution is -2.11. The summed E-state index contributed by atoms with van der Waals surface area (Å²) in [6.45, 7) is 0. The van der Waals surface area contributed by atoms with E-state index in [2.05, 4.69) is 0 Å². The molecule has 0 radical (unpaired) electrons. The maximum Gasteiger partial charge on any atom is 0.416 e. The van der Waals surface area contributed by atoms with Gasteiger partial charge in [-0.2, -0.15) is 13.2 Å². The lowest BCUT2D eigenvalue weighted by Gasteiger charge is -2.09. The second-order valence-corrected chi connectivity index (χ2v) is 4.94. The lowest BCUT2D eigenvalue weighted by molar-refractivity contribution is -0.137. The van der Waals surface area contributed by atoms with Gasteiger partial charge in [-0.3, -0.25) is 9.59 Å². The average molecular weight is 291 g/mol. The number of ketones is 2. The second kappa shape index (κ2) is 4.96. The summed E-state index contributed by atoms with van der Waals surface area (Å²) in [6, 6.07) is 2.52. The molecular formula is C13H10ClF3O2. The molecule has 1 aromatic rings. The van der Waals surface area contributed by atoms with Gasteiger partial charge >= 0.3 is 6.18 Å². The third kappa shape index (κ3) is 3.35. The van der Waals surface area contributed by atoms with E-state index in [0.29, 0.717) is 6.07 Å². The molecule has 0 aliphatic heterocycles. The summed E-state index contributed by atoms with van der Waals surface area (Å²) in [7, 11) is 0. The van der Waals surface area contributed by atoms with Crippen molar-refractivity contribution in [3.05, 3.63) is 34.3 Å². The van der Waals surface area contributed by atoms with Gasteiger partial charge in [0.15, 0.2) is 5.78 Å². The molecule has 0 spiro atoms. The molecule has 1 fully saturated rings. The Labute approximate surface area is 112 Å². The highest BCUT2D eigenvalue weighted by Crippen LogP contribution is 2.34. The van der Waals surface area contributed by atoms with Crippen LogP contribution in [-0.2, 0) is 11.0 Å². The van der Waals surface area contributed by atoms with E-state index >= 15 is 0 Å². The van der Waals surface area contributed by atoms with Gasteiger partial charge in [0.25, 0.3) is 0 Å². The molecule has 1 aromatic carbocycles. The molecule has 2 rings (SSSR count). The third-order valence-corrected chi connectivity index (χ3v) is 3.28. The molecule has 0 unspecified atom stereocenters. The highest BCUT2D eigenvalue weighted by molar-refractivity contribution is 6.34. The Morgan fingerprint density at radius 1 is 1.26 bits per heavy atom. The van der Waals surface area contributed by atoms with Crippen molar-refractivity contribution in [3.63, 3.8) is 0 Å². The van der Waals surface area contributed by atoms with Crippen LogP contribution in [0.15, 0.2) is 18.2 Å². The van der Waals surface area contributed by atoms with Crippen LogP contribution in [0.2, 0.25) is 5.02 Å². The molecular weight excluding hydrogens is 281 g/mol. The summed E-state index contributed by atoms with van der Waals surface area (Å²) in [6.07, 6.45) is -3.23. The zero-order valence-corrected chi connectivity index (χ0v) is 10.5. The van der Waals surface area contributed by atoms with Gasteiger partial charge in [-0.05, 0) is 31.0 Å². The Kier molecular flexibility index (Phi) is 3.67. The fourth-order valence-electron chi connectivity index (χ4n) is 1.72. The van der Waals surface area contributed by atoms with E-state index in [1.165, 1.54) is 0 Å². The number of carbonyl (C=O) groups excluding carboxylic acids is 2. The molecule has 102 valence electrons. The lowest BCUT2D eigenvalue weighted by atomic mass is 10.0. The molecule has 0 saturated heterocycles. The van der Waals surface area contributed by atoms with E-state index in [0.717, 1.165) is 25.0 Å². The standard InChI is InChI=1S/C13H10ClF3O2/c14-10-5-8(13(15,16)17)3-4-9(10)12(19)6-11(18)7-1-2-7/h3-5,7H,1-2,6H2. The van der Waals surface area contributed by atoms with E-state index in [1.54, 1.807) is 0 Å². The first-order chi connectivity index (χ1) is 8.79. The molecule has 1 aliphatic rings. The summed E-state index contributed by atoms with van der Waals surface area (Å²) in [5, 5.41) is -0.275. The fourth-order valence-corrected chi connectivity index (χ4v) is 2.01. The van der Waals surface area contributed by atoms with E-state index in [4.69, 9.17) is 11.6 Å². The summed E-state index contributed by atoms with van der Waals surface area (Å²) in [5.41, 5.74) is -0.953. The van der Waals surface area contributed by atoms with Crippen LogP contribution in [0, 0.1) is 5.92 Å². The monoisotopic (exact) mass is 290 g/mol. The van der Waals surface area contributed by atoms with Crippen molar-refractivity contribution >= 4 is 23.2 Å². The first kappa shape index (κ1) is 14.1. The molecule has 2 nitrogen and oxygen atoms in total. The van der Waals surface area contributed by atoms with Gasteiger partial charge in [0.2, 0.25) is 0 Å². The van der Waals surface area contributed by atoms with Gasteiger partial charge in [0.1, 0.15) is 5.78 Å². The van der Waals surface area contributed by atoms with Crippen molar-refractivity contribution < 1.29 is 22.8 Å². The number of rotatable bonds is 4. The number of hydrogen-bond acceptors (Lipinski definition) is 2. The molecule has 6 heteroatoms. The quantitative estimate of drug-likeness (QED) is 0.622. The minimum absolute atomic E-state index is 0.0383. The Morgan fingerprint density at radius 3 is 2.37 bits per heavy atom. The number of halogens is 4. The van der Waals surface area contributed by atoms with Crippen molar-refractivity contribution in [2.75, 3.05) is 0 Å². The molecule has 0 aromatic heterocycles. The maximum absolute atomic E-state index is 12.4. The molecule has 1 saturated carbocycles. The van der Waals surface area contributed by atoms with Crippen molar-refractivity contribution in [3.8, 4) is 0 Å². The van der Waals surface area contributed by atoms with Gasteiger partial charge in [-0.1, -0.05) is 11.6 Å². The van der Waals surface area contributed by atoms with Crippen molar-refractivity contribution in [2.24, 2.45) is 5.92 Å². The Balaban J connectivity index is 2.16. The minimum Gasteiger partial charge on any atom is -0.299 e. The number of alkyl halides is 3. The van der Waals surface area contributed by atoms with Crippen LogP contribution in [0.3, 0.4) is 0 Å². The molecule has 0 heterocycles. The van der Waals surface area contributed by atoms with Crippen LogP contribution in [0.1, 0.15) is 35.2 Å². The SMILES string of the molecule is O=C(CC(=O)C1CC1)c1ccc(C(F)(F)F)cc1Cl. The first-order valence-corrected chi connectivity index (χ1v) is 6.09. The van der Waals surface area contributed by atoms with E-state index in [-0.39, 0.29) is 28.7 Å². The number of benzene rings is 1. The highest BCUT2D eigenvalue weighted by atomic mass is 35.5. The van der Waals surface area contributed by atoms with Crippen LogP contribution >= 0.6 is 11.6 Å². The zero-order valence-electron chi connectivity index (χ0n) is 9.76. The Morgan fingerprint density at radius 2 is 1.89 bits per heavy atom. The number of Topliss-reactive ketones (excluding diaryl/α,β-unsaturated/α-hetero) is 2. The zero-order chi connectivity index (χ0) is 14.2. The first-order valence-electron chi connectivity index (χ1n) is 5.71. The topological polar surface area (TPSA) is 34.1 Å². The summed E-state index contributed by atoms with van der Waals surface area (Å²) >= 11 is 5.68. The maximum atomic E-state index is 12.4.